The number of hydrogen-bond acceptors (Lipinski definition) is 7. The van der Waals surface area contributed by atoms with Gasteiger partial charge in [-0.2, -0.15) is 0 Å². The van der Waals surface area contributed by atoms with Crippen LogP contribution in [-0.4, -0.2) is 90.6 Å². The van der Waals surface area contributed by atoms with Crippen molar-refractivity contribution in [3.8, 4) is 0 Å². The Bertz CT molecular complexity index is 1190. The van der Waals surface area contributed by atoms with Crippen molar-refractivity contribution in [1.82, 2.24) is 26.2 Å². The van der Waals surface area contributed by atoms with E-state index in [1.165, 1.54) is 11.2 Å². The number of likely N-dealkylation sites (tertiary alicyclic amines) is 1. The summed E-state index contributed by atoms with van der Waals surface area (Å²) in [5.74, 6) is -2.30. The summed E-state index contributed by atoms with van der Waals surface area (Å²) in [7, 11) is -3.45. The van der Waals surface area contributed by atoms with E-state index in [0.717, 1.165) is 38.5 Å². The molecule has 3 rings (SSSR count). The monoisotopic (exact) mass is 639 g/mol. The molecule has 1 heterocycles. The van der Waals surface area contributed by atoms with Gasteiger partial charge in [0.05, 0.1) is 16.8 Å². The Hall–Kier alpha value is -2.70. The first kappa shape index (κ1) is 35.8. The van der Waals surface area contributed by atoms with Crippen LogP contribution in [0, 0.1) is 5.41 Å². The molecule has 4 N–H and O–H groups in total. The molecule has 0 aromatic heterocycles. The van der Waals surface area contributed by atoms with Crippen molar-refractivity contribution in [1.29, 1.82) is 0 Å². The Balaban J connectivity index is 1.75. The average molecular weight is 640 g/mol. The van der Waals surface area contributed by atoms with Gasteiger partial charge in [-0.05, 0) is 57.3 Å². The largest absolute Gasteiger partial charge is 0.347 e. The number of nitrogens with zero attached hydrogens (tertiary/aromatic N) is 1. The van der Waals surface area contributed by atoms with Crippen molar-refractivity contribution >= 4 is 39.4 Å². The summed E-state index contributed by atoms with van der Waals surface area (Å²) >= 11 is 0. The molecule has 0 spiro atoms. The van der Waals surface area contributed by atoms with Crippen molar-refractivity contribution in [3.05, 3.63) is 0 Å². The van der Waals surface area contributed by atoms with E-state index in [4.69, 9.17) is 0 Å². The second-order valence-corrected chi connectivity index (χ2v) is 16.5. The van der Waals surface area contributed by atoms with E-state index in [2.05, 4.69) is 21.3 Å². The Morgan fingerprint density at radius 2 is 1.59 bits per heavy atom. The summed E-state index contributed by atoms with van der Waals surface area (Å²) < 4.78 is 25.1. The number of ketones is 1. The molecule has 4 atom stereocenters. The lowest BCUT2D eigenvalue weighted by Gasteiger charge is -2.43. The van der Waals surface area contributed by atoms with Gasteiger partial charge in [0.25, 0.3) is 5.91 Å². The Labute approximate surface area is 262 Å². The van der Waals surface area contributed by atoms with Gasteiger partial charge in [-0.3, -0.25) is 19.2 Å². The number of carbonyl (C=O) groups is 5. The van der Waals surface area contributed by atoms with Crippen LogP contribution in [0.3, 0.4) is 0 Å². The van der Waals surface area contributed by atoms with Crippen LogP contribution >= 0.6 is 0 Å². The second kappa shape index (κ2) is 14.6. The molecule has 0 radical (unpaired) electrons. The summed E-state index contributed by atoms with van der Waals surface area (Å²) in [5.41, 5.74) is -1.68. The third-order valence-corrected chi connectivity index (χ3v) is 11.1. The van der Waals surface area contributed by atoms with Gasteiger partial charge in [-0.15, -0.1) is 0 Å². The molecule has 13 heteroatoms. The smallest absolute Gasteiger partial charge is 0.315 e. The van der Waals surface area contributed by atoms with Crippen LogP contribution in [0.25, 0.3) is 0 Å². The van der Waals surface area contributed by atoms with Gasteiger partial charge in [-0.25, -0.2) is 13.2 Å². The first-order chi connectivity index (χ1) is 20.5. The number of rotatable bonds is 13. The molecule has 2 aliphatic carbocycles. The summed E-state index contributed by atoms with van der Waals surface area (Å²) in [6.45, 7) is 9.32. The number of amides is 5. The number of carbonyl (C=O) groups excluding carboxylic acids is 5. The van der Waals surface area contributed by atoms with E-state index in [-0.39, 0.29) is 6.04 Å². The SMILES string of the molecule is CCCC[C@H](NC(=O)[C@@H]1CCCN1C(=O)[C@@H](NC(=O)NC1([C@@H](C)S(C)(=O)=O)CCCCC1)C(C)(C)C)C(=O)C(=O)NC1CC1. The minimum Gasteiger partial charge on any atom is -0.347 e. The third kappa shape index (κ3) is 9.17. The van der Waals surface area contributed by atoms with E-state index in [1.54, 1.807) is 6.92 Å². The molecular formula is C31H53N5O7S. The molecule has 0 aromatic rings. The minimum absolute atomic E-state index is 0.0125. The van der Waals surface area contributed by atoms with E-state index in [9.17, 15) is 32.4 Å². The van der Waals surface area contributed by atoms with Crippen molar-refractivity contribution in [3.63, 3.8) is 0 Å². The molecule has 250 valence electrons. The molecular weight excluding hydrogens is 586 g/mol. The van der Waals surface area contributed by atoms with E-state index >= 15 is 0 Å². The van der Waals surface area contributed by atoms with Crippen LogP contribution in [0.4, 0.5) is 4.79 Å². The van der Waals surface area contributed by atoms with Gasteiger partial charge in [0.2, 0.25) is 17.6 Å². The maximum absolute atomic E-state index is 14.0. The topological polar surface area (TPSA) is 171 Å². The molecule has 1 saturated heterocycles. The zero-order valence-corrected chi connectivity index (χ0v) is 28.1. The predicted octanol–water partition coefficient (Wildman–Crippen LogP) is 2.35. The van der Waals surface area contributed by atoms with Crippen LogP contribution in [0.1, 0.15) is 112 Å². The standard InChI is InChI=1S/C31H53N5O7S/c1-7-8-13-22(24(37)27(39)32-21-15-16-21)33-26(38)23-14-12-19-36(23)28(40)25(30(3,4)5)34-29(41)35-31(17-10-9-11-18-31)20(2)44(6,42)43/h20-23,25H,7-19H2,1-6H3,(H,32,39)(H,33,38)(H2,34,35,41)/t20-,22+,23+,25-/m1/s1. The average Bonchev–Trinajstić information content (AvgIpc) is 3.62. The maximum atomic E-state index is 14.0. The van der Waals surface area contributed by atoms with Crippen LogP contribution < -0.4 is 21.3 Å². The first-order valence-electron chi connectivity index (χ1n) is 16.2. The molecule has 0 bridgehead atoms. The highest BCUT2D eigenvalue weighted by Gasteiger charge is 2.46. The van der Waals surface area contributed by atoms with E-state index in [0.29, 0.717) is 45.1 Å². The van der Waals surface area contributed by atoms with Crippen molar-refractivity contribution in [2.75, 3.05) is 12.8 Å². The summed E-state index contributed by atoms with van der Waals surface area (Å²) in [4.78, 5) is 67.9. The van der Waals surface area contributed by atoms with E-state index in [1.807, 2.05) is 27.7 Å². The van der Waals surface area contributed by atoms with Crippen LogP contribution in [-0.2, 0) is 29.0 Å². The molecule has 12 nitrogen and oxygen atoms in total. The van der Waals surface area contributed by atoms with Gasteiger partial charge in [0.1, 0.15) is 12.1 Å². The highest BCUT2D eigenvalue weighted by Crippen LogP contribution is 2.34. The quantitative estimate of drug-likeness (QED) is 0.224. The second-order valence-electron chi connectivity index (χ2n) is 14.1. The third-order valence-electron chi connectivity index (χ3n) is 9.37. The molecule has 1 aliphatic heterocycles. The zero-order valence-electron chi connectivity index (χ0n) is 27.3. The van der Waals surface area contributed by atoms with Crippen LogP contribution in [0.5, 0.6) is 0 Å². The van der Waals surface area contributed by atoms with Gasteiger partial charge < -0.3 is 26.2 Å². The fourth-order valence-corrected chi connectivity index (χ4v) is 7.44. The lowest BCUT2D eigenvalue weighted by Crippen LogP contribution is -2.64. The number of Topliss-reactive ketones (excluding diaryl/α,β-unsaturated/α-hetero) is 1. The maximum Gasteiger partial charge on any atom is 0.315 e. The highest BCUT2D eigenvalue weighted by atomic mass is 32.2. The number of urea groups is 1. The molecule has 0 aromatic carbocycles. The Kier molecular flexibility index (Phi) is 11.9. The van der Waals surface area contributed by atoms with Crippen LogP contribution in [0.2, 0.25) is 0 Å². The Morgan fingerprint density at radius 3 is 2.14 bits per heavy atom. The fraction of sp³-hybridized carbons (Fsp3) is 0.839. The summed E-state index contributed by atoms with van der Waals surface area (Å²) in [5, 5.41) is 10.4. The number of nitrogens with one attached hydrogen (secondary N) is 4. The van der Waals surface area contributed by atoms with Gasteiger partial charge in [0.15, 0.2) is 9.84 Å². The van der Waals surface area contributed by atoms with Crippen molar-refractivity contribution in [2.45, 2.75) is 147 Å². The van der Waals surface area contributed by atoms with Gasteiger partial charge in [-0.1, -0.05) is 59.8 Å². The summed E-state index contributed by atoms with van der Waals surface area (Å²) in [6.07, 6.45) is 9.12. The van der Waals surface area contributed by atoms with Crippen LogP contribution in [0.15, 0.2) is 0 Å². The van der Waals surface area contributed by atoms with Crippen molar-refractivity contribution < 1.29 is 32.4 Å². The summed E-state index contributed by atoms with van der Waals surface area (Å²) in [6, 6.07) is -3.45. The molecule has 3 aliphatic rings. The fourth-order valence-electron chi connectivity index (χ4n) is 6.32. The minimum atomic E-state index is -3.45. The van der Waals surface area contributed by atoms with E-state index < -0.39 is 73.7 Å². The van der Waals surface area contributed by atoms with Gasteiger partial charge >= 0.3 is 6.03 Å². The first-order valence-corrected chi connectivity index (χ1v) is 18.2. The number of hydrogen-bond donors (Lipinski definition) is 4. The number of unbranched alkanes of at least 4 members (excludes halogenated alkanes) is 1. The predicted molar refractivity (Wildman–Crippen MR) is 167 cm³/mol. The molecule has 0 unspecified atom stereocenters. The number of sulfone groups is 1. The molecule has 3 fully saturated rings. The highest BCUT2D eigenvalue weighted by molar-refractivity contribution is 7.91. The Morgan fingerprint density at radius 1 is 0.955 bits per heavy atom. The molecule has 44 heavy (non-hydrogen) atoms. The van der Waals surface area contributed by atoms with Crippen molar-refractivity contribution in [2.24, 2.45) is 5.41 Å². The molecule has 5 amide bonds. The lowest BCUT2D eigenvalue weighted by molar-refractivity contribution is -0.143. The molecule has 2 saturated carbocycles. The normalized spacial score (nSPS) is 22.3. The van der Waals surface area contributed by atoms with Gasteiger partial charge in [0, 0.05) is 18.8 Å². The lowest BCUT2D eigenvalue weighted by atomic mass is 9.79. The zero-order chi connectivity index (χ0) is 32.9.